The van der Waals surface area contributed by atoms with E-state index in [1.807, 2.05) is 24.3 Å². The van der Waals surface area contributed by atoms with Crippen LogP contribution in [0.1, 0.15) is 11.1 Å². The standard InChI is InChI=1S/C14H14BN5O3/c1-22-9-4-2-8(3-5-9)7-20-11(21)6-10-12(20)18-14(16)19-13(10)23-15-17/h2-5,17H,6-7H2,1H3,(H2,16,18,19). The van der Waals surface area contributed by atoms with E-state index in [1.54, 1.807) is 7.11 Å². The second-order valence-corrected chi connectivity index (χ2v) is 4.93. The van der Waals surface area contributed by atoms with Crippen molar-refractivity contribution in [2.24, 2.45) is 0 Å². The van der Waals surface area contributed by atoms with Crippen molar-refractivity contribution in [3.63, 3.8) is 0 Å². The second kappa shape index (κ2) is 6.03. The van der Waals surface area contributed by atoms with E-state index < -0.39 is 0 Å². The molecule has 2 heterocycles. The Bertz CT molecular complexity index is 766. The van der Waals surface area contributed by atoms with Gasteiger partial charge in [-0.2, -0.15) is 0 Å². The number of nitrogens with two attached hydrogens (primary N) is 1. The number of carbonyl (C=O) groups is 1. The number of amides is 1. The number of nitrogen functional groups attached to an aromatic ring is 1. The van der Waals surface area contributed by atoms with Crippen LogP contribution >= 0.6 is 0 Å². The van der Waals surface area contributed by atoms with Gasteiger partial charge in [0.05, 0.1) is 0 Å². The molecular formula is C14H14BN5O3. The molecule has 2 aromatic rings. The summed E-state index contributed by atoms with van der Waals surface area (Å²) in [6, 6.07) is 7.41. The molecule has 3 rings (SSSR count). The first-order chi connectivity index (χ1) is 11.1. The Morgan fingerprint density at radius 1 is 1.35 bits per heavy atom. The second-order valence-electron chi connectivity index (χ2n) is 4.93. The number of aromatic nitrogens is 2. The number of ether oxygens (including phenoxy) is 1. The van der Waals surface area contributed by atoms with Gasteiger partial charge in [-0.1, -0.05) is 0 Å². The van der Waals surface area contributed by atoms with Gasteiger partial charge in [-0.15, -0.1) is 0 Å². The van der Waals surface area contributed by atoms with E-state index in [0.29, 0.717) is 17.9 Å². The normalized spacial score (nSPS) is 12.7. The van der Waals surface area contributed by atoms with Crippen molar-refractivity contribution < 1.29 is 14.2 Å². The van der Waals surface area contributed by atoms with Gasteiger partial charge >= 0.3 is 132 Å². The number of carbonyl (C=O) groups excluding carboxylic acids is 1. The van der Waals surface area contributed by atoms with Crippen LogP contribution in [0.4, 0.5) is 11.8 Å². The van der Waals surface area contributed by atoms with Crippen molar-refractivity contribution in [3.05, 3.63) is 35.4 Å². The maximum absolute atomic E-state index is 12.3. The van der Waals surface area contributed by atoms with Gasteiger partial charge < -0.3 is 0 Å². The number of rotatable bonds is 5. The van der Waals surface area contributed by atoms with Crippen molar-refractivity contribution in [1.29, 1.82) is 5.31 Å². The Labute approximate surface area is 133 Å². The monoisotopic (exact) mass is 311 g/mol. The fraction of sp³-hybridized carbons (Fsp3) is 0.214. The number of benzene rings is 1. The molecule has 0 aliphatic carbocycles. The van der Waals surface area contributed by atoms with Crippen LogP contribution in [-0.4, -0.2) is 30.3 Å². The van der Waals surface area contributed by atoms with Gasteiger partial charge in [-0.3, -0.25) is 0 Å². The Hall–Kier alpha value is -2.97. The molecule has 1 amide bonds. The number of anilines is 2. The number of fused-ring (bicyclic) bond motifs is 1. The third-order valence-corrected chi connectivity index (χ3v) is 3.52. The summed E-state index contributed by atoms with van der Waals surface area (Å²) in [6.45, 7) is 0.357. The molecule has 0 saturated carbocycles. The Morgan fingerprint density at radius 2 is 2.09 bits per heavy atom. The first kappa shape index (κ1) is 15.0. The average molecular weight is 311 g/mol. The molecule has 0 saturated heterocycles. The topological polar surface area (TPSA) is 114 Å². The zero-order valence-electron chi connectivity index (χ0n) is 12.4. The zero-order valence-corrected chi connectivity index (χ0v) is 12.4. The number of methoxy groups -OCH3 is 1. The van der Waals surface area contributed by atoms with Crippen molar-refractivity contribution in [2.75, 3.05) is 17.7 Å². The van der Waals surface area contributed by atoms with Gasteiger partial charge in [0.25, 0.3) is 0 Å². The van der Waals surface area contributed by atoms with E-state index in [-0.39, 0.29) is 24.2 Å². The summed E-state index contributed by atoms with van der Waals surface area (Å²) in [4.78, 5) is 21.9. The van der Waals surface area contributed by atoms with Gasteiger partial charge in [0, 0.05) is 0 Å². The van der Waals surface area contributed by atoms with Crippen LogP contribution in [0, 0.1) is 5.31 Å². The van der Waals surface area contributed by atoms with E-state index in [0.717, 1.165) is 18.6 Å². The fourth-order valence-corrected chi connectivity index (χ4v) is 2.44. The van der Waals surface area contributed by atoms with Crippen molar-refractivity contribution >= 4 is 24.9 Å². The van der Waals surface area contributed by atoms with Gasteiger partial charge in [0.2, 0.25) is 0 Å². The summed E-state index contributed by atoms with van der Waals surface area (Å²) in [5.74, 6) is 1.19. The van der Waals surface area contributed by atoms with Gasteiger partial charge in [0.1, 0.15) is 0 Å². The van der Waals surface area contributed by atoms with Crippen LogP contribution in [0.25, 0.3) is 0 Å². The summed E-state index contributed by atoms with van der Waals surface area (Å²) in [6.07, 6.45) is 0.120. The number of hydrogen-bond acceptors (Lipinski definition) is 7. The summed E-state index contributed by atoms with van der Waals surface area (Å²) in [5, 5.41) is 7.03. The van der Waals surface area contributed by atoms with Crippen LogP contribution < -0.4 is 20.0 Å². The van der Waals surface area contributed by atoms with Crippen LogP contribution in [0.2, 0.25) is 0 Å². The third-order valence-electron chi connectivity index (χ3n) is 3.52. The molecule has 0 spiro atoms. The maximum atomic E-state index is 12.3. The Balaban J connectivity index is 1.93. The van der Waals surface area contributed by atoms with E-state index in [2.05, 4.69) is 9.97 Å². The molecule has 8 nitrogen and oxygen atoms in total. The molecule has 23 heavy (non-hydrogen) atoms. The first-order valence-electron chi connectivity index (χ1n) is 6.87. The molecule has 1 aliphatic rings. The van der Waals surface area contributed by atoms with E-state index in [9.17, 15) is 4.79 Å². The SMILES string of the molecule is COc1ccc(CN2C(=O)Cc3c(OB=N)nc(N)nc32)cc1. The number of nitrogens with one attached hydrogen (secondary N) is 1. The van der Waals surface area contributed by atoms with Crippen LogP contribution in [-0.2, 0) is 17.8 Å². The van der Waals surface area contributed by atoms with Gasteiger partial charge in [-0.05, 0) is 0 Å². The van der Waals surface area contributed by atoms with Gasteiger partial charge in [-0.25, -0.2) is 0 Å². The molecular weight excluding hydrogens is 297 g/mol. The van der Waals surface area contributed by atoms with E-state index >= 15 is 0 Å². The minimum absolute atomic E-state index is 0.00460. The molecule has 0 fully saturated rings. The Morgan fingerprint density at radius 3 is 2.74 bits per heavy atom. The van der Waals surface area contributed by atoms with Crippen molar-refractivity contribution in [1.82, 2.24) is 9.97 Å². The fourth-order valence-electron chi connectivity index (χ4n) is 2.44. The first-order valence-corrected chi connectivity index (χ1v) is 6.87. The third kappa shape index (κ3) is 2.85. The van der Waals surface area contributed by atoms with Crippen LogP contribution in [0.5, 0.6) is 11.6 Å². The molecule has 0 atom stereocenters. The number of nitrogens with zero attached hydrogens (tertiary/aromatic N) is 3. The summed E-state index contributed by atoms with van der Waals surface area (Å²) >= 11 is 0. The summed E-state index contributed by atoms with van der Waals surface area (Å²) in [7, 11) is 2.35. The molecule has 1 aromatic carbocycles. The zero-order chi connectivity index (χ0) is 16.4. The van der Waals surface area contributed by atoms with Crippen LogP contribution in [0.3, 0.4) is 0 Å². The minimum atomic E-state index is -0.120. The van der Waals surface area contributed by atoms with Crippen LogP contribution in [0.15, 0.2) is 24.3 Å². The molecule has 1 aromatic heterocycles. The van der Waals surface area contributed by atoms with Crippen molar-refractivity contribution in [2.45, 2.75) is 13.0 Å². The molecule has 0 bridgehead atoms. The number of hydrogen-bond donors (Lipinski definition) is 2. The van der Waals surface area contributed by atoms with Crippen molar-refractivity contribution in [3.8, 4) is 11.6 Å². The Kier molecular flexibility index (Phi) is 3.92. The quantitative estimate of drug-likeness (QED) is 0.793. The van der Waals surface area contributed by atoms with E-state index in [4.69, 9.17) is 20.4 Å². The summed E-state index contributed by atoms with van der Waals surface area (Å²) in [5.41, 5.74) is 7.14. The molecule has 9 heteroatoms. The van der Waals surface area contributed by atoms with Gasteiger partial charge in [0.15, 0.2) is 0 Å². The molecule has 3 N–H and O–H groups in total. The summed E-state index contributed by atoms with van der Waals surface area (Å²) < 4.78 is 10.1. The molecule has 0 radical (unpaired) electrons. The molecule has 116 valence electrons. The average Bonchev–Trinajstić information content (AvgIpc) is 2.85. The molecule has 0 unspecified atom stereocenters. The predicted octanol–water partition coefficient (Wildman–Crippen LogP) is 0.917. The molecule has 1 aliphatic heterocycles. The predicted molar refractivity (Wildman–Crippen MR) is 83.4 cm³/mol. The van der Waals surface area contributed by atoms with E-state index in [1.165, 1.54) is 4.90 Å².